The highest BCUT2D eigenvalue weighted by molar-refractivity contribution is 5.88. The Kier molecular flexibility index (Phi) is 14.6. The fraction of sp³-hybridized carbons (Fsp3) is 0.353. The lowest BCUT2D eigenvalue weighted by molar-refractivity contribution is -0.149. The molecule has 3 aromatic carbocycles. The van der Waals surface area contributed by atoms with Gasteiger partial charge in [0.05, 0.1) is 19.3 Å². The number of carbonyl (C=O) groups excluding carboxylic acids is 4. The van der Waals surface area contributed by atoms with E-state index in [4.69, 9.17) is 25.7 Å². The van der Waals surface area contributed by atoms with Crippen LogP contribution in [-0.4, -0.2) is 55.2 Å². The number of esters is 3. The van der Waals surface area contributed by atoms with E-state index in [-0.39, 0.29) is 39.1 Å². The van der Waals surface area contributed by atoms with Gasteiger partial charge in [-0.1, -0.05) is 91.0 Å². The fourth-order valence-electron chi connectivity index (χ4n) is 4.25. The molecule has 0 aliphatic carbocycles. The number of hydrogen-bond acceptors (Lipinski definition) is 9. The van der Waals surface area contributed by atoms with Gasteiger partial charge in [0.1, 0.15) is 18.7 Å². The molecule has 0 radical (unpaired) electrons. The lowest BCUT2D eigenvalue weighted by Crippen LogP contribution is -2.50. The molecule has 0 spiro atoms. The summed E-state index contributed by atoms with van der Waals surface area (Å²) in [6, 6.07) is 25.1. The number of benzene rings is 3. The summed E-state index contributed by atoms with van der Waals surface area (Å²) in [7, 11) is 0. The number of rotatable bonds is 18. The lowest BCUT2D eigenvalue weighted by Gasteiger charge is -2.20. The van der Waals surface area contributed by atoms with Crippen molar-refractivity contribution in [2.45, 2.75) is 63.3 Å². The van der Waals surface area contributed by atoms with Crippen molar-refractivity contribution in [3.05, 3.63) is 108 Å². The quantitative estimate of drug-likeness (QED) is 0.113. The first-order valence-electron chi connectivity index (χ1n) is 14.7. The highest BCUT2D eigenvalue weighted by atomic mass is 16.5. The second-order valence-electron chi connectivity index (χ2n) is 10.4. The summed E-state index contributed by atoms with van der Waals surface area (Å²) in [6.45, 7) is 0.356. The van der Waals surface area contributed by atoms with Gasteiger partial charge in [0.2, 0.25) is 5.91 Å². The third kappa shape index (κ3) is 12.8. The Morgan fingerprint density at radius 2 is 1.11 bits per heavy atom. The first-order chi connectivity index (χ1) is 21.3. The monoisotopic (exact) mass is 603 g/mol. The van der Waals surface area contributed by atoms with Crippen molar-refractivity contribution in [3.8, 4) is 0 Å². The molecule has 3 aromatic rings. The molecule has 3 unspecified atom stereocenters. The average Bonchev–Trinajstić information content (AvgIpc) is 3.05. The molecule has 0 heterocycles. The molecular weight excluding hydrogens is 562 g/mol. The Hall–Kier alpha value is -4.54. The minimum absolute atomic E-state index is 0.0447. The predicted octanol–water partition coefficient (Wildman–Crippen LogP) is 3.00. The first kappa shape index (κ1) is 34.0. The Morgan fingerprint density at radius 3 is 1.68 bits per heavy atom. The van der Waals surface area contributed by atoms with Crippen molar-refractivity contribution in [2.24, 2.45) is 11.5 Å². The molecule has 0 aromatic heterocycles. The zero-order valence-corrected chi connectivity index (χ0v) is 24.8. The van der Waals surface area contributed by atoms with E-state index >= 15 is 0 Å². The fourth-order valence-corrected chi connectivity index (χ4v) is 4.25. The minimum atomic E-state index is -1.02. The van der Waals surface area contributed by atoms with Crippen molar-refractivity contribution < 1.29 is 33.4 Å². The van der Waals surface area contributed by atoms with Gasteiger partial charge in [-0.15, -0.1) is 0 Å². The van der Waals surface area contributed by atoms with Gasteiger partial charge in [-0.3, -0.25) is 14.4 Å². The number of hydrogen-bond donors (Lipinski definition) is 3. The summed E-state index contributed by atoms with van der Waals surface area (Å²) in [5.74, 6) is -2.14. The smallest absolute Gasteiger partial charge is 0.328 e. The molecule has 1 amide bonds. The first-order valence-corrected chi connectivity index (χ1v) is 14.7. The summed E-state index contributed by atoms with van der Waals surface area (Å²) in [5, 5.41) is 2.67. The number of unbranched alkanes of at least 4 members (excludes halogenated alkanes) is 1. The number of nitrogens with two attached hydrogens (primary N) is 2. The summed E-state index contributed by atoms with van der Waals surface area (Å²) < 4.78 is 15.9. The molecule has 0 aliphatic rings. The maximum atomic E-state index is 12.9. The Morgan fingerprint density at radius 1 is 0.614 bits per heavy atom. The van der Waals surface area contributed by atoms with Crippen molar-refractivity contribution in [2.75, 3.05) is 13.2 Å². The van der Waals surface area contributed by atoms with Crippen LogP contribution in [0.5, 0.6) is 0 Å². The van der Waals surface area contributed by atoms with E-state index in [0.29, 0.717) is 19.3 Å². The summed E-state index contributed by atoms with van der Waals surface area (Å²) in [5.41, 5.74) is 14.6. The van der Waals surface area contributed by atoms with Crippen molar-refractivity contribution >= 4 is 23.8 Å². The predicted molar refractivity (Wildman–Crippen MR) is 165 cm³/mol. The second-order valence-corrected chi connectivity index (χ2v) is 10.4. The van der Waals surface area contributed by atoms with E-state index in [0.717, 1.165) is 16.7 Å². The van der Waals surface area contributed by atoms with E-state index in [9.17, 15) is 19.2 Å². The van der Waals surface area contributed by atoms with Crippen LogP contribution in [0.3, 0.4) is 0 Å². The van der Waals surface area contributed by atoms with Crippen LogP contribution >= 0.6 is 0 Å². The van der Waals surface area contributed by atoms with E-state index in [1.165, 1.54) is 0 Å². The largest absolute Gasteiger partial charge is 0.465 e. The molecule has 0 bridgehead atoms. The average molecular weight is 604 g/mol. The molecule has 0 saturated carbocycles. The van der Waals surface area contributed by atoms with Gasteiger partial charge in [0.25, 0.3) is 0 Å². The van der Waals surface area contributed by atoms with Gasteiger partial charge < -0.3 is 31.0 Å². The van der Waals surface area contributed by atoms with Crippen LogP contribution in [0.1, 0.15) is 42.4 Å². The van der Waals surface area contributed by atoms with Gasteiger partial charge >= 0.3 is 17.9 Å². The molecule has 0 aliphatic heterocycles. The maximum absolute atomic E-state index is 12.9. The topological polar surface area (TPSA) is 160 Å². The normalized spacial score (nSPS) is 12.8. The SMILES string of the molecule is NC(CCC(=O)OCc1ccccc1)C(=O)NC(Cc1ccccc1)C(=O)OCCCCOC(=O)C(N)Cc1ccccc1. The number of nitrogens with one attached hydrogen (secondary N) is 1. The van der Waals surface area contributed by atoms with Gasteiger partial charge in [-0.05, 0) is 42.4 Å². The highest BCUT2D eigenvalue weighted by Gasteiger charge is 2.26. The molecule has 3 atom stereocenters. The van der Waals surface area contributed by atoms with Crippen LogP contribution in [0.4, 0.5) is 0 Å². The van der Waals surface area contributed by atoms with E-state index in [1.807, 2.05) is 91.0 Å². The van der Waals surface area contributed by atoms with Gasteiger partial charge in [-0.25, -0.2) is 4.79 Å². The van der Waals surface area contributed by atoms with Crippen LogP contribution in [-0.2, 0) is 52.8 Å². The molecule has 0 saturated heterocycles. The van der Waals surface area contributed by atoms with E-state index in [2.05, 4.69) is 5.32 Å². The summed E-state index contributed by atoms with van der Waals surface area (Å²) in [4.78, 5) is 50.1. The van der Waals surface area contributed by atoms with Gasteiger partial charge in [0.15, 0.2) is 0 Å². The zero-order chi connectivity index (χ0) is 31.6. The standard InChI is InChI=1S/C34H41N3O7/c35-28(18-19-31(38)44-24-27-16-8-3-9-17-27)32(39)37-30(23-26-14-6-2-7-15-26)34(41)43-21-11-10-20-42-33(40)29(36)22-25-12-4-1-5-13-25/h1-9,12-17,28-30H,10-11,18-24,35-36H2,(H,37,39). The van der Waals surface area contributed by atoms with Crippen molar-refractivity contribution in [1.29, 1.82) is 0 Å². The molecule has 10 nitrogen and oxygen atoms in total. The molecule has 234 valence electrons. The van der Waals surface area contributed by atoms with Crippen LogP contribution < -0.4 is 16.8 Å². The van der Waals surface area contributed by atoms with Gasteiger partial charge in [-0.2, -0.15) is 0 Å². The number of amides is 1. The molecular formula is C34H41N3O7. The second kappa shape index (κ2) is 18.9. The minimum Gasteiger partial charge on any atom is -0.465 e. The molecule has 44 heavy (non-hydrogen) atoms. The summed E-state index contributed by atoms with van der Waals surface area (Å²) >= 11 is 0. The van der Waals surface area contributed by atoms with Crippen LogP contribution in [0.2, 0.25) is 0 Å². The van der Waals surface area contributed by atoms with Crippen molar-refractivity contribution in [3.63, 3.8) is 0 Å². The maximum Gasteiger partial charge on any atom is 0.328 e. The number of carbonyl (C=O) groups is 4. The third-order valence-corrected chi connectivity index (χ3v) is 6.75. The van der Waals surface area contributed by atoms with E-state index < -0.39 is 41.9 Å². The lowest BCUT2D eigenvalue weighted by atomic mass is 10.0. The highest BCUT2D eigenvalue weighted by Crippen LogP contribution is 2.08. The van der Waals surface area contributed by atoms with Crippen LogP contribution in [0.25, 0.3) is 0 Å². The molecule has 3 rings (SSSR count). The van der Waals surface area contributed by atoms with Crippen molar-refractivity contribution in [1.82, 2.24) is 5.32 Å². The Balaban J connectivity index is 1.39. The molecule has 5 N–H and O–H groups in total. The van der Waals surface area contributed by atoms with Gasteiger partial charge in [0, 0.05) is 12.8 Å². The summed E-state index contributed by atoms with van der Waals surface area (Å²) in [6.07, 6.45) is 1.51. The van der Waals surface area contributed by atoms with Crippen LogP contribution in [0, 0.1) is 0 Å². The third-order valence-electron chi connectivity index (χ3n) is 6.75. The Bertz CT molecular complexity index is 1310. The molecule has 10 heteroatoms. The molecule has 0 fully saturated rings. The Labute approximate surface area is 258 Å². The number of ether oxygens (including phenoxy) is 3. The van der Waals surface area contributed by atoms with E-state index in [1.54, 1.807) is 0 Å². The van der Waals surface area contributed by atoms with Crippen LogP contribution in [0.15, 0.2) is 91.0 Å². The zero-order valence-electron chi connectivity index (χ0n) is 24.8.